The molecule has 1 aliphatic rings. The zero-order valence-corrected chi connectivity index (χ0v) is 14.7. The van der Waals surface area contributed by atoms with Crippen LogP contribution in [0.5, 0.6) is 11.5 Å². The fourth-order valence-electron chi connectivity index (χ4n) is 3.09. The normalized spacial score (nSPS) is 12.2. The first kappa shape index (κ1) is 17.4. The number of carbonyl (C=O) groups excluding carboxylic acids is 1. The molecule has 1 aliphatic heterocycles. The van der Waals surface area contributed by atoms with E-state index in [0.717, 1.165) is 17.1 Å². The summed E-state index contributed by atoms with van der Waals surface area (Å²) in [5.74, 6) is 1.04. The molecule has 0 unspecified atom stereocenters. The van der Waals surface area contributed by atoms with Gasteiger partial charge in [0, 0.05) is 23.1 Å². The highest BCUT2D eigenvalue weighted by Gasteiger charge is 2.22. The third-order valence-electron chi connectivity index (χ3n) is 4.26. The van der Waals surface area contributed by atoms with Gasteiger partial charge < -0.3 is 18.9 Å². The van der Waals surface area contributed by atoms with Crippen LogP contribution in [0.3, 0.4) is 0 Å². The minimum Gasteiger partial charge on any atom is -0.486 e. The predicted molar refractivity (Wildman–Crippen MR) is 93.4 cm³/mol. The number of aryl methyl sites for hydroxylation is 1. The zero-order chi connectivity index (χ0) is 18.7. The number of hydrogen-bond acceptors (Lipinski definition) is 5. The molecule has 7 heteroatoms. The molecule has 2 heterocycles. The Morgan fingerprint density at radius 2 is 1.77 bits per heavy atom. The quantitative estimate of drug-likeness (QED) is 0.790. The van der Waals surface area contributed by atoms with Crippen molar-refractivity contribution in [3.05, 3.63) is 41.2 Å². The maximum atomic E-state index is 12.7. The second kappa shape index (κ2) is 7.20. The Morgan fingerprint density at radius 3 is 2.42 bits per heavy atom. The third kappa shape index (κ3) is 3.07. The molecule has 132 valence electrons. The molecule has 0 saturated heterocycles. The first-order chi connectivity index (χ1) is 12.6. The number of nitriles is 2. The fourth-order valence-corrected chi connectivity index (χ4v) is 3.09. The van der Waals surface area contributed by atoms with Crippen molar-refractivity contribution in [3.8, 4) is 29.3 Å². The van der Waals surface area contributed by atoms with Crippen LogP contribution in [0.2, 0.25) is 0 Å². The lowest BCUT2D eigenvalue weighted by atomic mass is 10.2. The molecule has 3 rings (SSSR count). The van der Waals surface area contributed by atoms with Crippen LogP contribution in [0.4, 0.5) is 0 Å². The lowest BCUT2D eigenvalue weighted by molar-refractivity contribution is 0.0794. The Morgan fingerprint density at radius 1 is 1.12 bits per heavy atom. The molecule has 1 amide bonds. The molecule has 1 aromatic heterocycles. The van der Waals surface area contributed by atoms with Gasteiger partial charge in [-0.1, -0.05) is 0 Å². The molecular formula is C19H18N4O3. The Balaban J connectivity index is 2.00. The van der Waals surface area contributed by atoms with E-state index in [9.17, 15) is 4.79 Å². The van der Waals surface area contributed by atoms with Crippen molar-refractivity contribution in [2.24, 2.45) is 0 Å². The maximum absolute atomic E-state index is 12.7. The molecule has 0 spiro atoms. The highest BCUT2D eigenvalue weighted by atomic mass is 16.6. The van der Waals surface area contributed by atoms with E-state index in [2.05, 4.69) is 0 Å². The van der Waals surface area contributed by atoms with E-state index >= 15 is 0 Å². The molecule has 7 nitrogen and oxygen atoms in total. The average Bonchev–Trinajstić information content (AvgIpc) is 2.95. The van der Waals surface area contributed by atoms with E-state index in [1.807, 2.05) is 48.8 Å². The minimum atomic E-state index is -0.329. The second-order valence-corrected chi connectivity index (χ2v) is 5.93. The van der Waals surface area contributed by atoms with E-state index in [-0.39, 0.29) is 19.0 Å². The first-order valence-corrected chi connectivity index (χ1v) is 8.19. The number of nitrogens with zero attached hydrogens (tertiary/aromatic N) is 4. The summed E-state index contributed by atoms with van der Waals surface area (Å²) in [6, 6.07) is 11.3. The van der Waals surface area contributed by atoms with Gasteiger partial charge in [0.05, 0.1) is 17.7 Å². The Hall–Kier alpha value is -3.45. The Bertz CT molecular complexity index is 917. The van der Waals surface area contributed by atoms with Crippen molar-refractivity contribution in [3.63, 3.8) is 0 Å². The number of rotatable bonds is 4. The van der Waals surface area contributed by atoms with Crippen LogP contribution in [0.15, 0.2) is 24.3 Å². The van der Waals surface area contributed by atoms with Crippen LogP contribution in [0.25, 0.3) is 5.69 Å². The molecule has 0 radical (unpaired) electrons. The van der Waals surface area contributed by atoms with Crippen molar-refractivity contribution in [1.29, 1.82) is 10.5 Å². The van der Waals surface area contributed by atoms with Crippen LogP contribution in [-0.4, -0.2) is 41.7 Å². The molecule has 0 atom stereocenters. The number of amides is 1. The molecule has 1 aromatic carbocycles. The van der Waals surface area contributed by atoms with Crippen LogP contribution in [0, 0.1) is 36.5 Å². The summed E-state index contributed by atoms with van der Waals surface area (Å²) in [5, 5.41) is 17.8. The van der Waals surface area contributed by atoms with E-state index < -0.39 is 0 Å². The SMILES string of the molecule is Cc1cc(C(=O)N(CC#N)CC#N)c(C)n1-c1ccc2c(c1)OCCO2. The lowest BCUT2D eigenvalue weighted by Gasteiger charge is -2.20. The van der Waals surface area contributed by atoms with Gasteiger partial charge in [0.15, 0.2) is 11.5 Å². The number of ether oxygens (including phenoxy) is 2. The predicted octanol–water partition coefficient (Wildman–Crippen LogP) is 2.35. The molecule has 26 heavy (non-hydrogen) atoms. The van der Waals surface area contributed by atoms with E-state index in [4.69, 9.17) is 20.0 Å². The summed E-state index contributed by atoms with van der Waals surface area (Å²) in [6.07, 6.45) is 0. The largest absolute Gasteiger partial charge is 0.486 e. The highest BCUT2D eigenvalue weighted by Crippen LogP contribution is 2.33. The number of benzene rings is 1. The summed E-state index contributed by atoms with van der Waals surface area (Å²) in [7, 11) is 0. The van der Waals surface area contributed by atoms with Gasteiger partial charge in [0.25, 0.3) is 5.91 Å². The second-order valence-electron chi connectivity index (χ2n) is 5.93. The van der Waals surface area contributed by atoms with Gasteiger partial charge in [-0.15, -0.1) is 0 Å². The summed E-state index contributed by atoms with van der Waals surface area (Å²) >= 11 is 0. The molecule has 0 saturated carbocycles. The maximum Gasteiger partial charge on any atom is 0.257 e. The minimum absolute atomic E-state index is 0.125. The van der Waals surface area contributed by atoms with Crippen molar-refractivity contribution >= 4 is 5.91 Å². The summed E-state index contributed by atoms with van der Waals surface area (Å²) in [5.41, 5.74) is 2.94. The Labute approximate surface area is 151 Å². The number of fused-ring (bicyclic) bond motifs is 1. The summed E-state index contributed by atoms with van der Waals surface area (Å²) < 4.78 is 13.1. The van der Waals surface area contributed by atoms with E-state index in [1.165, 1.54) is 4.90 Å². The van der Waals surface area contributed by atoms with Gasteiger partial charge in [-0.25, -0.2) is 0 Å². The van der Waals surface area contributed by atoms with Crippen molar-refractivity contribution in [2.75, 3.05) is 26.3 Å². The standard InChI is InChI=1S/C19H18N4O3/c1-13-11-16(19(24)22(7-5-20)8-6-21)14(2)23(13)15-3-4-17-18(12-15)26-10-9-25-17/h3-4,11-12H,7-10H2,1-2H3. The molecule has 0 N–H and O–H groups in total. The van der Waals surface area contributed by atoms with Gasteiger partial charge >= 0.3 is 0 Å². The average molecular weight is 350 g/mol. The summed E-state index contributed by atoms with van der Waals surface area (Å²) in [4.78, 5) is 14.0. The van der Waals surface area contributed by atoms with Gasteiger partial charge in [0.1, 0.15) is 26.3 Å². The first-order valence-electron chi connectivity index (χ1n) is 8.19. The van der Waals surface area contributed by atoms with Gasteiger partial charge in [0.2, 0.25) is 0 Å². The summed E-state index contributed by atoms with van der Waals surface area (Å²) in [6.45, 7) is 4.52. The van der Waals surface area contributed by atoms with Gasteiger partial charge in [-0.3, -0.25) is 4.79 Å². The van der Waals surface area contributed by atoms with Crippen molar-refractivity contribution in [1.82, 2.24) is 9.47 Å². The topological polar surface area (TPSA) is 91.3 Å². The third-order valence-corrected chi connectivity index (χ3v) is 4.26. The van der Waals surface area contributed by atoms with E-state index in [1.54, 1.807) is 6.07 Å². The van der Waals surface area contributed by atoms with Crippen LogP contribution >= 0.6 is 0 Å². The molecular weight excluding hydrogens is 332 g/mol. The van der Waals surface area contributed by atoms with Gasteiger partial charge in [-0.05, 0) is 32.0 Å². The van der Waals surface area contributed by atoms with Gasteiger partial charge in [-0.2, -0.15) is 10.5 Å². The molecule has 2 aromatic rings. The number of aromatic nitrogens is 1. The monoisotopic (exact) mass is 350 g/mol. The van der Waals surface area contributed by atoms with Crippen LogP contribution in [-0.2, 0) is 0 Å². The Kier molecular flexibility index (Phi) is 4.81. The van der Waals surface area contributed by atoms with Crippen molar-refractivity contribution in [2.45, 2.75) is 13.8 Å². The van der Waals surface area contributed by atoms with Crippen molar-refractivity contribution < 1.29 is 14.3 Å². The fraction of sp³-hybridized carbons (Fsp3) is 0.316. The molecule has 0 bridgehead atoms. The number of carbonyl (C=O) groups is 1. The van der Waals surface area contributed by atoms with Crippen LogP contribution in [0.1, 0.15) is 21.7 Å². The smallest absolute Gasteiger partial charge is 0.257 e. The molecule has 0 fully saturated rings. The number of hydrogen-bond donors (Lipinski definition) is 0. The lowest BCUT2D eigenvalue weighted by Crippen LogP contribution is -2.32. The zero-order valence-electron chi connectivity index (χ0n) is 14.7. The van der Waals surface area contributed by atoms with Crippen LogP contribution < -0.4 is 9.47 Å². The molecule has 0 aliphatic carbocycles. The highest BCUT2D eigenvalue weighted by molar-refractivity contribution is 5.96. The van der Waals surface area contributed by atoms with E-state index in [0.29, 0.717) is 30.3 Å².